The average Bonchev–Trinajstić information content (AvgIpc) is 2.58. The van der Waals surface area contributed by atoms with Crippen molar-refractivity contribution in [1.29, 1.82) is 0 Å². The maximum absolute atomic E-state index is 10.8. The van der Waals surface area contributed by atoms with Crippen molar-refractivity contribution >= 4 is 5.97 Å². The van der Waals surface area contributed by atoms with Crippen LogP contribution in [0.15, 0.2) is 12.2 Å². The standard InChI is InChI=1S/C12H20O2/c1-2-3-4-5-6-7-8-11-9-10-12(13)14-11/h6-7,11H,2-5,8-10H2,1H3/b7-6-/t11-/m1/s1. The van der Waals surface area contributed by atoms with Crippen molar-refractivity contribution in [2.24, 2.45) is 0 Å². The fourth-order valence-corrected chi connectivity index (χ4v) is 1.63. The Morgan fingerprint density at radius 1 is 1.43 bits per heavy atom. The van der Waals surface area contributed by atoms with Crippen molar-refractivity contribution in [3.63, 3.8) is 0 Å². The van der Waals surface area contributed by atoms with Gasteiger partial charge in [0.2, 0.25) is 0 Å². The maximum atomic E-state index is 10.8. The summed E-state index contributed by atoms with van der Waals surface area (Å²) in [6.45, 7) is 2.21. The smallest absolute Gasteiger partial charge is 0.306 e. The van der Waals surface area contributed by atoms with Crippen molar-refractivity contribution in [2.75, 3.05) is 0 Å². The molecule has 0 aromatic carbocycles. The summed E-state index contributed by atoms with van der Waals surface area (Å²) in [7, 11) is 0. The summed E-state index contributed by atoms with van der Waals surface area (Å²) in [5.41, 5.74) is 0. The van der Waals surface area contributed by atoms with E-state index in [9.17, 15) is 4.79 Å². The molecule has 1 aliphatic heterocycles. The summed E-state index contributed by atoms with van der Waals surface area (Å²) in [6, 6.07) is 0. The summed E-state index contributed by atoms with van der Waals surface area (Å²) in [4.78, 5) is 10.8. The summed E-state index contributed by atoms with van der Waals surface area (Å²) in [5.74, 6) is -0.0330. The van der Waals surface area contributed by atoms with Crippen LogP contribution in [0.2, 0.25) is 0 Å². The Kier molecular flexibility index (Phi) is 5.35. The number of hydrogen-bond donors (Lipinski definition) is 0. The van der Waals surface area contributed by atoms with Gasteiger partial charge in [-0.15, -0.1) is 0 Å². The molecule has 2 heteroatoms. The summed E-state index contributed by atoms with van der Waals surface area (Å²) >= 11 is 0. The fraction of sp³-hybridized carbons (Fsp3) is 0.750. The first-order chi connectivity index (χ1) is 6.83. The Morgan fingerprint density at radius 3 is 2.93 bits per heavy atom. The van der Waals surface area contributed by atoms with Gasteiger partial charge in [-0.3, -0.25) is 4.79 Å². The molecule has 2 nitrogen and oxygen atoms in total. The average molecular weight is 196 g/mol. The molecule has 1 saturated heterocycles. The molecule has 0 amide bonds. The van der Waals surface area contributed by atoms with Gasteiger partial charge in [-0.05, 0) is 19.3 Å². The number of carbonyl (C=O) groups excluding carboxylic acids is 1. The lowest BCUT2D eigenvalue weighted by Crippen LogP contribution is -2.04. The number of carbonyl (C=O) groups is 1. The van der Waals surface area contributed by atoms with Crippen molar-refractivity contribution < 1.29 is 9.53 Å². The van der Waals surface area contributed by atoms with Gasteiger partial charge >= 0.3 is 5.97 Å². The van der Waals surface area contributed by atoms with Gasteiger partial charge in [-0.1, -0.05) is 31.9 Å². The number of unbranched alkanes of at least 4 members (excludes halogenated alkanes) is 3. The van der Waals surface area contributed by atoms with Crippen molar-refractivity contribution in [3.05, 3.63) is 12.2 Å². The minimum Gasteiger partial charge on any atom is -0.462 e. The lowest BCUT2D eigenvalue weighted by molar-refractivity contribution is -0.141. The van der Waals surface area contributed by atoms with E-state index >= 15 is 0 Å². The van der Waals surface area contributed by atoms with E-state index in [4.69, 9.17) is 4.74 Å². The summed E-state index contributed by atoms with van der Waals surface area (Å²) in [5, 5.41) is 0. The fourth-order valence-electron chi connectivity index (χ4n) is 1.63. The molecule has 0 N–H and O–H groups in total. The van der Waals surface area contributed by atoms with Gasteiger partial charge < -0.3 is 4.74 Å². The number of cyclic esters (lactones) is 1. The van der Waals surface area contributed by atoms with E-state index in [-0.39, 0.29) is 12.1 Å². The van der Waals surface area contributed by atoms with Crippen LogP contribution in [0.1, 0.15) is 51.9 Å². The Bertz CT molecular complexity index is 196. The third kappa shape index (κ3) is 4.45. The van der Waals surface area contributed by atoms with E-state index in [2.05, 4.69) is 19.1 Å². The van der Waals surface area contributed by atoms with Crippen molar-refractivity contribution in [1.82, 2.24) is 0 Å². The number of esters is 1. The lowest BCUT2D eigenvalue weighted by Gasteiger charge is -2.04. The highest BCUT2D eigenvalue weighted by molar-refractivity contribution is 5.71. The number of hydrogen-bond acceptors (Lipinski definition) is 2. The lowest BCUT2D eigenvalue weighted by atomic mass is 10.1. The molecule has 0 spiro atoms. The van der Waals surface area contributed by atoms with Crippen LogP contribution in [0.25, 0.3) is 0 Å². The topological polar surface area (TPSA) is 26.3 Å². The van der Waals surface area contributed by atoms with Gasteiger partial charge in [-0.25, -0.2) is 0 Å². The number of ether oxygens (including phenoxy) is 1. The van der Waals surface area contributed by atoms with Crippen LogP contribution in [0, 0.1) is 0 Å². The van der Waals surface area contributed by atoms with Gasteiger partial charge in [-0.2, -0.15) is 0 Å². The first kappa shape index (κ1) is 11.3. The van der Waals surface area contributed by atoms with E-state index < -0.39 is 0 Å². The number of allylic oxidation sites excluding steroid dienone is 1. The SMILES string of the molecule is CCCCC/C=C\C[C@@H]1CCC(=O)O1. The first-order valence-corrected chi connectivity index (χ1v) is 5.67. The van der Waals surface area contributed by atoms with Crippen LogP contribution < -0.4 is 0 Å². The molecule has 0 radical (unpaired) electrons. The predicted molar refractivity (Wildman–Crippen MR) is 57.0 cm³/mol. The molecule has 14 heavy (non-hydrogen) atoms. The van der Waals surface area contributed by atoms with Crippen molar-refractivity contribution in [2.45, 2.75) is 58.0 Å². The normalized spacial score (nSPS) is 21.8. The summed E-state index contributed by atoms with van der Waals surface area (Å²) < 4.78 is 5.10. The molecule has 0 unspecified atom stereocenters. The number of rotatable bonds is 6. The Morgan fingerprint density at radius 2 is 2.29 bits per heavy atom. The van der Waals surface area contributed by atoms with Gasteiger partial charge in [0.25, 0.3) is 0 Å². The van der Waals surface area contributed by atoms with Gasteiger partial charge in [0.15, 0.2) is 0 Å². The monoisotopic (exact) mass is 196 g/mol. The minimum absolute atomic E-state index is 0.0330. The second-order valence-corrected chi connectivity index (χ2v) is 3.85. The molecule has 1 aliphatic rings. The first-order valence-electron chi connectivity index (χ1n) is 5.67. The molecule has 1 rings (SSSR count). The van der Waals surface area contributed by atoms with E-state index in [1.54, 1.807) is 0 Å². The van der Waals surface area contributed by atoms with E-state index in [1.165, 1.54) is 19.3 Å². The van der Waals surface area contributed by atoms with Crippen LogP contribution in [-0.2, 0) is 9.53 Å². The van der Waals surface area contributed by atoms with Gasteiger partial charge in [0.1, 0.15) is 6.10 Å². The predicted octanol–water partition coefficient (Wildman–Crippen LogP) is 3.22. The van der Waals surface area contributed by atoms with Crippen LogP contribution in [0.4, 0.5) is 0 Å². The zero-order chi connectivity index (χ0) is 10.2. The Labute approximate surface area is 86.3 Å². The minimum atomic E-state index is -0.0330. The highest BCUT2D eigenvalue weighted by atomic mass is 16.5. The molecule has 1 fully saturated rings. The molecule has 0 aliphatic carbocycles. The van der Waals surface area contributed by atoms with Crippen molar-refractivity contribution in [3.8, 4) is 0 Å². The molecular formula is C12H20O2. The maximum Gasteiger partial charge on any atom is 0.306 e. The third-order valence-electron chi connectivity index (χ3n) is 2.51. The largest absolute Gasteiger partial charge is 0.462 e. The van der Waals surface area contributed by atoms with Gasteiger partial charge in [0, 0.05) is 12.8 Å². The van der Waals surface area contributed by atoms with Gasteiger partial charge in [0.05, 0.1) is 0 Å². The molecular weight excluding hydrogens is 176 g/mol. The zero-order valence-corrected chi connectivity index (χ0v) is 9.00. The third-order valence-corrected chi connectivity index (χ3v) is 2.51. The molecule has 0 aromatic rings. The molecule has 0 bridgehead atoms. The van der Waals surface area contributed by atoms with E-state index in [0.717, 1.165) is 19.3 Å². The highest BCUT2D eigenvalue weighted by Gasteiger charge is 2.21. The highest BCUT2D eigenvalue weighted by Crippen LogP contribution is 2.17. The van der Waals surface area contributed by atoms with Crippen LogP contribution in [0.3, 0.4) is 0 Å². The zero-order valence-electron chi connectivity index (χ0n) is 9.00. The molecule has 1 atom stereocenters. The quantitative estimate of drug-likeness (QED) is 0.370. The molecule has 80 valence electrons. The van der Waals surface area contributed by atoms with E-state index in [0.29, 0.717) is 6.42 Å². The summed E-state index contributed by atoms with van der Waals surface area (Å²) in [6.07, 6.45) is 11.9. The van der Waals surface area contributed by atoms with Crippen LogP contribution in [-0.4, -0.2) is 12.1 Å². The van der Waals surface area contributed by atoms with Crippen LogP contribution >= 0.6 is 0 Å². The Hall–Kier alpha value is -0.790. The molecule has 0 aromatic heterocycles. The second kappa shape index (κ2) is 6.63. The molecule has 1 heterocycles. The van der Waals surface area contributed by atoms with E-state index in [1.807, 2.05) is 0 Å². The Balaban J connectivity index is 1.99. The molecule has 0 saturated carbocycles. The second-order valence-electron chi connectivity index (χ2n) is 3.85. The van der Waals surface area contributed by atoms with Crippen LogP contribution in [0.5, 0.6) is 0 Å².